The van der Waals surface area contributed by atoms with Gasteiger partial charge in [0, 0.05) is 30.8 Å². The normalized spacial score (nSPS) is 13.6. The van der Waals surface area contributed by atoms with Crippen molar-refractivity contribution in [3.63, 3.8) is 0 Å². The summed E-state index contributed by atoms with van der Waals surface area (Å²) in [4.78, 5) is 27.2. The summed E-state index contributed by atoms with van der Waals surface area (Å²) in [6.45, 7) is 2.52. The van der Waals surface area contributed by atoms with Crippen LogP contribution in [0.5, 0.6) is 5.75 Å². The number of carbonyl (C=O) groups is 2. The van der Waals surface area contributed by atoms with Crippen LogP contribution in [0, 0.1) is 0 Å². The number of rotatable bonds is 10. The van der Waals surface area contributed by atoms with E-state index in [0.717, 1.165) is 22.4 Å². The molecule has 0 aromatic heterocycles. The largest absolute Gasteiger partial charge is 0.496 e. The lowest BCUT2D eigenvalue weighted by Gasteiger charge is -2.20. The summed E-state index contributed by atoms with van der Waals surface area (Å²) >= 11 is 0. The molecule has 0 saturated heterocycles. The van der Waals surface area contributed by atoms with Gasteiger partial charge in [-0.1, -0.05) is 55.5 Å². The molecule has 1 aliphatic heterocycles. The van der Waals surface area contributed by atoms with Crippen molar-refractivity contribution in [2.45, 2.75) is 43.7 Å². The average Bonchev–Trinajstić information content (AvgIpc) is 3.35. The van der Waals surface area contributed by atoms with Crippen LogP contribution in [0.2, 0.25) is 0 Å². The second-order valence-corrected chi connectivity index (χ2v) is 10.5. The Bertz CT molecular complexity index is 1380. The van der Waals surface area contributed by atoms with E-state index in [0.29, 0.717) is 25.1 Å². The lowest BCUT2D eigenvalue weighted by Crippen LogP contribution is -2.47. The first-order valence-electron chi connectivity index (χ1n) is 12.2. The van der Waals surface area contributed by atoms with Gasteiger partial charge in [-0.2, -0.15) is 4.72 Å². The second-order valence-electron chi connectivity index (χ2n) is 8.83. The van der Waals surface area contributed by atoms with Gasteiger partial charge in [-0.3, -0.25) is 9.59 Å². The first-order valence-corrected chi connectivity index (χ1v) is 13.7. The number of benzene rings is 3. The lowest BCUT2D eigenvalue weighted by molar-refractivity contribution is -0.123. The van der Waals surface area contributed by atoms with Crippen LogP contribution in [-0.2, 0) is 39.0 Å². The fraction of sp³-hybridized carbons (Fsp3) is 0.286. The molecule has 1 atom stereocenters. The molecule has 1 unspecified atom stereocenters. The topological polar surface area (TPSA) is 105 Å². The van der Waals surface area contributed by atoms with E-state index >= 15 is 0 Å². The van der Waals surface area contributed by atoms with E-state index in [2.05, 4.69) is 10.0 Å². The summed E-state index contributed by atoms with van der Waals surface area (Å²) in [5.74, 6) is 0.193. The molecule has 4 rings (SSSR count). The van der Waals surface area contributed by atoms with E-state index < -0.39 is 22.0 Å². The SMILES string of the molecule is CCC(=O)N1CCc2cc(S(=O)(=O)NC(Cc3ccccc3)C(=O)NCc3ccccc3OC)ccc21. The molecule has 0 spiro atoms. The first kappa shape index (κ1) is 26.4. The van der Waals surface area contributed by atoms with Crippen LogP contribution in [-0.4, -0.2) is 39.9 Å². The van der Waals surface area contributed by atoms with Gasteiger partial charge in [-0.15, -0.1) is 0 Å². The van der Waals surface area contributed by atoms with Crippen LogP contribution in [0.4, 0.5) is 5.69 Å². The van der Waals surface area contributed by atoms with Crippen LogP contribution in [0.15, 0.2) is 77.7 Å². The smallest absolute Gasteiger partial charge is 0.241 e. The van der Waals surface area contributed by atoms with Gasteiger partial charge in [0.25, 0.3) is 0 Å². The van der Waals surface area contributed by atoms with Gasteiger partial charge in [0.2, 0.25) is 21.8 Å². The predicted octanol–water partition coefficient (Wildman–Crippen LogP) is 3.20. The molecule has 194 valence electrons. The molecular formula is C28H31N3O5S. The van der Waals surface area contributed by atoms with Crippen molar-refractivity contribution >= 4 is 27.5 Å². The van der Waals surface area contributed by atoms with E-state index in [4.69, 9.17) is 4.74 Å². The van der Waals surface area contributed by atoms with Crippen molar-refractivity contribution in [2.24, 2.45) is 0 Å². The summed E-state index contributed by atoms with van der Waals surface area (Å²) in [7, 11) is -2.47. The quantitative estimate of drug-likeness (QED) is 0.426. The maximum absolute atomic E-state index is 13.4. The minimum Gasteiger partial charge on any atom is -0.496 e. The van der Waals surface area contributed by atoms with Gasteiger partial charge in [-0.25, -0.2) is 8.42 Å². The van der Waals surface area contributed by atoms with Gasteiger partial charge in [0.1, 0.15) is 11.8 Å². The number of sulfonamides is 1. The molecule has 8 nitrogen and oxygen atoms in total. The number of fused-ring (bicyclic) bond motifs is 1. The van der Waals surface area contributed by atoms with Crippen molar-refractivity contribution in [1.29, 1.82) is 0 Å². The molecule has 0 saturated carbocycles. The number of carbonyl (C=O) groups excluding carboxylic acids is 2. The number of nitrogens with one attached hydrogen (secondary N) is 2. The van der Waals surface area contributed by atoms with Crippen molar-refractivity contribution in [2.75, 3.05) is 18.6 Å². The van der Waals surface area contributed by atoms with Crippen LogP contribution in [0.3, 0.4) is 0 Å². The predicted molar refractivity (Wildman–Crippen MR) is 142 cm³/mol. The molecule has 3 aromatic carbocycles. The summed E-state index contributed by atoms with van der Waals surface area (Å²) in [5.41, 5.74) is 3.14. The molecule has 0 fully saturated rings. The summed E-state index contributed by atoms with van der Waals surface area (Å²) in [6, 6.07) is 20.3. The van der Waals surface area contributed by atoms with Crippen LogP contribution >= 0.6 is 0 Å². The zero-order valence-corrected chi connectivity index (χ0v) is 21.8. The number of hydrogen-bond acceptors (Lipinski definition) is 5. The number of anilines is 1. The maximum atomic E-state index is 13.4. The highest BCUT2D eigenvalue weighted by Crippen LogP contribution is 2.30. The minimum atomic E-state index is -4.02. The second kappa shape index (κ2) is 11.6. The third-order valence-corrected chi connectivity index (χ3v) is 7.87. The van der Waals surface area contributed by atoms with Crippen molar-refractivity contribution in [3.05, 3.63) is 89.5 Å². The van der Waals surface area contributed by atoms with E-state index in [9.17, 15) is 18.0 Å². The van der Waals surface area contributed by atoms with Gasteiger partial charge >= 0.3 is 0 Å². The Morgan fingerprint density at radius 3 is 2.49 bits per heavy atom. The number of hydrogen-bond donors (Lipinski definition) is 2. The Balaban J connectivity index is 1.55. The first-order chi connectivity index (χ1) is 17.8. The molecule has 3 aromatic rings. The summed E-state index contributed by atoms with van der Waals surface area (Å²) in [5, 5.41) is 2.84. The molecule has 2 N–H and O–H groups in total. The molecule has 1 heterocycles. The highest BCUT2D eigenvalue weighted by atomic mass is 32.2. The number of nitrogens with zero attached hydrogens (tertiary/aromatic N) is 1. The van der Waals surface area contributed by atoms with E-state index in [1.165, 1.54) is 6.07 Å². The van der Waals surface area contributed by atoms with Crippen LogP contribution in [0.25, 0.3) is 0 Å². The lowest BCUT2D eigenvalue weighted by atomic mass is 10.1. The Hall–Kier alpha value is -3.69. The van der Waals surface area contributed by atoms with Crippen LogP contribution < -0.4 is 19.7 Å². The zero-order chi connectivity index (χ0) is 26.4. The monoisotopic (exact) mass is 521 g/mol. The van der Waals surface area contributed by atoms with E-state index in [1.807, 2.05) is 48.5 Å². The molecule has 2 amide bonds. The van der Waals surface area contributed by atoms with Crippen LogP contribution in [0.1, 0.15) is 30.0 Å². The molecule has 9 heteroatoms. The standard InChI is InChI=1S/C28H31N3O5S/c1-3-27(32)31-16-15-21-18-23(13-14-25(21)31)37(34,35)30-24(17-20-9-5-4-6-10-20)28(33)29-19-22-11-7-8-12-26(22)36-2/h4-14,18,24,30H,3,15-17,19H2,1-2H3,(H,29,33). The highest BCUT2D eigenvalue weighted by molar-refractivity contribution is 7.89. The number of para-hydroxylation sites is 1. The molecule has 0 bridgehead atoms. The maximum Gasteiger partial charge on any atom is 0.241 e. The molecule has 0 radical (unpaired) electrons. The van der Waals surface area contributed by atoms with E-state index in [-0.39, 0.29) is 23.8 Å². The average molecular weight is 522 g/mol. The van der Waals surface area contributed by atoms with Gasteiger partial charge < -0.3 is 15.0 Å². The fourth-order valence-corrected chi connectivity index (χ4v) is 5.69. The fourth-order valence-electron chi connectivity index (χ4n) is 4.44. The van der Waals surface area contributed by atoms with Gasteiger partial charge in [-0.05, 0) is 48.2 Å². The van der Waals surface area contributed by atoms with E-state index in [1.54, 1.807) is 37.1 Å². The summed E-state index contributed by atoms with van der Waals surface area (Å²) < 4.78 is 34.7. The third kappa shape index (κ3) is 6.18. The highest BCUT2D eigenvalue weighted by Gasteiger charge is 2.29. The zero-order valence-electron chi connectivity index (χ0n) is 20.9. The minimum absolute atomic E-state index is 0.00197. The van der Waals surface area contributed by atoms with Gasteiger partial charge in [0.05, 0.1) is 12.0 Å². The molecule has 0 aliphatic carbocycles. The molecule has 37 heavy (non-hydrogen) atoms. The molecule has 1 aliphatic rings. The number of amides is 2. The van der Waals surface area contributed by atoms with Gasteiger partial charge in [0.15, 0.2) is 0 Å². The Morgan fingerprint density at radius 2 is 1.76 bits per heavy atom. The number of methoxy groups -OCH3 is 1. The Labute approximate surface area is 217 Å². The Kier molecular flexibility index (Phi) is 8.25. The number of ether oxygens (including phenoxy) is 1. The summed E-state index contributed by atoms with van der Waals surface area (Å²) in [6.07, 6.45) is 1.14. The third-order valence-electron chi connectivity index (χ3n) is 6.40. The van der Waals surface area contributed by atoms with Crippen molar-refractivity contribution in [1.82, 2.24) is 10.0 Å². The van der Waals surface area contributed by atoms with Crippen molar-refractivity contribution < 1.29 is 22.7 Å². The Morgan fingerprint density at radius 1 is 1.03 bits per heavy atom. The van der Waals surface area contributed by atoms with Crippen molar-refractivity contribution in [3.8, 4) is 5.75 Å². The molecular weight excluding hydrogens is 490 g/mol.